The number of benzene rings is 4. The third kappa shape index (κ3) is 3.17. The Bertz CT molecular complexity index is 1560. The van der Waals surface area contributed by atoms with Crippen molar-refractivity contribution in [3.8, 4) is 5.69 Å². The van der Waals surface area contributed by atoms with Gasteiger partial charge in [-0.2, -0.15) is 0 Å². The molecule has 0 aliphatic heterocycles. The first-order valence-electron chi connectivity index (χ1n) is 12.3. The van der Waals surface area contributed by atoms with Gasteiger partial charge >= 0.3 is 0 Å². The van der Waals surface area contributed by atoms with Gasteiger partial charge in [0.05, 0.1) is 11.0 Å². The summed E-state index contributed by atoms with van der Waals surface area (Å²) in [6, 6.07) is 35.1. The zero-order valence-corrected chi connectivity index (χ0v) is 19.5. The summed E-state index contributed by atoms with van der Waals surface area (Å²) in [4.78, 5) is 0. The zero-order chi connectivity index (χ0) is 22.7. The van der Waals surface area contributed by atoms with Gasteiger partial charge in [0, 0.05) is 27.8 Å². The number of para-hydroxylation sites is 2. The maximum atomic E-state index is 3.65. The highest BCUT2D eigenvalue weighted by Crippen LogP contribution is 2.52. The molecule has 5 aromatic rings. The Morgan fingerprint density at radius 2 is 1.50 bits per heavy atom. The quantitative estimate of drug-likeness (QED) is 0.277. The van der Waals surface area contributed by atoms with E-state index >= 15 is 0 Å². The Balaban J connectivity index is 1.23. The fraction of sp³-hybridized carbons (Fsp3) is 0.188. The lowest BCUT2D eigenvalue weighted by Crippen LogP contribution is -2.23. The fourth-order valence-electron chi connectivity index (χ4n) is 5.93. The lowest BCUT2D eigenvalue weighted by molar-refractivity contribution is 0.407. The third-order valence-electron chi connectivity index (χ3n) is 7.92. The highest BCUT2D eigenvalue weighted by atomic mass is 15.0. The Morgan fingerprint density at radius 1 is 0.765 bits per heavy atom. The first kappa shape index (κ1) is 19.7. The molecule has 1 heterocycles. The van der Waals surface area contributed by atoms with Crippen LogP contribution in [0.15, 0.2) is 109 Å². The van der Waals surface area contributed by atoms with Crippen LogP contribution in [0.4, 0.5) is 11.4 Å². The van der Waals surface area contributed by atoms with Crippen molar-refractivity contribution in [3.63, 3.8) is 0 Å². The van der Waals surface area contributed by atoms with Crippen LogP contribution in [-0.2, 0) is 5.41 Å². The van der Waals surface area contributed by atoms with E-state index in [9.17, 15) is 0 Å². The van der Waals surface area contributed by atoms with E-state index in [2.05, 4.69) is 120 Å². The SMILES string of the molecule is CC1(c2ccc(Nc3ccc4c(c3)c3ccccc3n4-c3ccccc3)cc2)CC=C2CC2C1. The van der Waals surface area contributed by atoms with E-state index in [4.69, 9.17) is 0 Å². The van der Waals surface area contributed by atoms with Crippen LogP contribution in [0.2, 0.25) is 0 Å². The van der Waals surface area contributed by atoms with Gasteiger partial charge in [-0.05, 0) is 84.7 Å². The minimum atomic E-state index is 0.279. The summed E-state index contributed by atoms with van der Waals surface area (Å²) in [5.41, 5.74) is 9.34. The van der Waals surface area contributed by atoms with Crippen LogP contribution in [0.3, 0.4) is 0 Å². The first-order chi connectivity index (χ1) is 16.7. The number of allylic oxidation sites excluding steroid dienone is 2. The summed E-state index contributed by atoms with van der Waals surface area (Å²) < 4.78 is 2.35. The van der Waals surface area contributed by atoms with Crippen LogP contribution < -0.4 is 5.32 Å². The predicted octanol–water partition coefficient (Wildman–Crippen LogP) is 8.53. The molecule has 0 amide bonds. The highest BCUT2D eigenvalue weighted by molar-refractivity contribution is 6.10. The Labute approximate surface area is 200 Å². The zero-order valence-electron chi connectivity index (χ0n) is 19.5. The summed E-state index contributed by atoms with van der Waals surface area (Å²) in [5.74, 6) is 0.848. The van der Waals surface area contributed by atoms with Crippen molar-refractivity contribution in [1.29, 1.82) is 0 Å². The summed E-state index contributed by atoms with van der Waals surface area (Å²) in [6.07, 6.45) is 6.29. The maximum absolute atomic E-state index is 3.65. The molecular formula is C32H28N2. The number of nitrogens with one attached hydrogen (secondary N) is 1. The second kappa shape index (κ2) is 7.36. The summed E-state index contributed by atoms with van der Waals surface area (Å²) in [5, 5.41) is 6.19. The van der Waals surface area contributed by atoms with Crippen LogP contribution >= 0.6 is 0 Å². The molecule has 1 fully saturated rings. The molecule has 4 aromatic carbocycles. The maximum Gasteiger partial charge on any atom is 0.0542 e. The number of hydrogen-bond acceptors (Lipinski definition) is 1. The first-order valence-corrected chi connectivity index (χ1v) is 12.3. The molecule has 0 saturated heterocycles. The van der Waals surface area contributed by atoms with E-state index in [1.807, 2.05) is 0 Å². The standard InChI is InChI=1S/C32H28N2/c1-32(18-17-22-19-23(22)21-32)24-11-13-25(14-12-24)33-26-15-16-31-29(20-26)28-9-5-6-10-30(28)34(31)27-7-3-2-4-8-27/h2-17,20,23,33H,18-19,21H2,1H3. The van der Waals surface area contributed by atoms with Crippen molar-refractivity contribution in [2.24, 2.45) is 5.92 Å². The molecule has 0 bridgehead atoms. The largest absolute Gasteiger partial charge is 0.356 e. The van der Waals surface area contributed by atoms with Crippen molar-refractivity contribution >= 4 is 33.2 Å². The van der Waals surface area contributed by atoms with Gasteiger partial charge in [-0.25, -0.2) is 0 Å². The molecule has 1 N–H and O–H groups in total. The summed E-state index contributed by atoms with van der Waals surface area (Å²) in [7, 11) is 0. The number of nitrogens with zero attached hydrogens (tertiary/aromatic N) is 1. The smallest absolute Gasteiger partial charge is 0.0542 e. The molecule has 166 valence electrons. The molecule has 2 nitrogen and oxygen atoms in total. The van der Waals surface area contributed by atoms with Gasteiger partial charge in [0.15, 0.2) is 0 Å². The van der Waals surface area contributed by atoms with E-state index in [1.165, 1.54) is 52.3 Å². The molecule has 2 aliphatic rings. The van der Waals surface area contributed by atoms with E-state index in [-0.39, 0.29) is 5.41 Å². The van der Waals surface area contributed by atoms with Crippen LogP contribution in [0.5, 0.6) is 0 Å². The van der Waals surface area contributed by atoms with Gasteiger partial charge in [0.25, 0.3) is 0 Å². The van der Waals surface area contributed by atoms with Gasteiger partial charge in [-0.1, -0.05) is 67.1 Å². The molecule has 1 aromatic heterocycles. The number of anilines is 2. The minimum absolute atomic E-state index is 0.279. The van der Waals surface area contributed by atoms with Gasteiger partial charge < -0.3 is 9.88 Å². The number of hydrogen-bond donors (Lipinski definition) is 1. The predicted molar refractivity (Wildman–Crippen MR) is 143 cm³/mol. The van der Waals surface area contributed by atoms with Gasteiger partial charge in [0.2, 0.25) is 0 Å². The Hall–Kier alpha value is -3.78. The monoisotopic (exact) mass is 440 g/mol. The molecule has 34 heavy (non-hydrogen) atoms. The van der Waals surface area contributed by atoms with Gasteiger partial charge in [-0.3, -0.25) is 0 Å². The van der Waals surface area contributed by atoms with E-state index in [1.54, 1.807) is 5.57 Å². The third-order valence-corrected chi connectivity index (χ3v) is 7.92. The van der Waals surface area contributed by atoms with Crippen LogP contribution in [0.25, 0.3) is 27.5 Å². The average molecular weight is 441 g/mol. The van der Waals surface area contributed by atoms with Crippen LogP contribution in [-0.4, -0.2) is 4.57 Å². The van der Waals surface area contributed by atoms with Crippen LogP contribution in [0.1, 0.15) is 31.7 Å². The van der Waals surface area contributed by atoms with Crippen LogP contribution in [0, 0.1) is 5.92 Å². The number of aromatic nitrogens is 1. The Kier molecular flexibility index (Phi) is 4.26. The number of fused-ring (bicyclic) bond motifs is 4. The fourth-order valence-corrected chi connectivity index (χ4v) is 5.93. The van der Waals surface area contributed by atoms with Crippen molar-refractivity contribution in [1.82, 2.24) is 4.57 Å². The van der Waals surface area contributed by atoms with Crippen molar-refractivity contribution in [2.75, 3.05) is 5.32 Å². The minimum Gasteiger partial charge on any atom is -0.356 e. The summed E-state index contributed by atoms with van der Waals surface area (Å²) >= 11 is 0. The molecule has 2 heteroatoms. The molecule has 1 saturated carbocycles. The molecule has 0 radical (unpaired) electrons. The lowest BCUT2D eigenvalue weighted by atomic mass is 9.73. The van der Waals surface area contributed by atoms with Crippen molar-refractivity contribution < 1.29 is 0 Å². The molecule has 2 aliphatic carbocycles. The molecule has 2 atom stereocenters. The second-order valence-corrected chi connectivity index (χ2v) is 10.3. The van der Waals surface area contributed by atoms with E-state index in [0.29, 0.717) is 0 Å². The van der Waals surface area contributed by atoms with Crippen molar-refractivity contribution in [3.05, 3.63) is 114 Å². The molecule has 2 unspecified atom stereocenters. The average Bonchev–Trinajstić information content (AvgIpc) is 3.57. The van der Waals surface area contributed by atoms with Crippen molar-refractivity contribution in [2.45, 2.75) is 31.6 Å². The van der Waals surface area contributed by atoms with Gasteiger partial charge in [0.1, 0.15) is 0 Å². The molecule has 7 rings (SSSR count). The topological polar surface area (TPSA) is 17.0 Å². The Morgan fingerprint density at radius 3 is 2.32 bits per heavy atom. The molecule has 0 spiro atoms. The lowest BCUT2D eigenvalue weighted by Gasteiger charge is -2.31. The highest BCUT2D eigenvalue weighted by Gasteiger charge is 2.41. The summed E-state index contributed by atoms with van der Waals surface area (Å²) in [6.45, 7) is 2.43. The molecular weight excluding hydrogens is 412 g/mol. The van der Waals surface area contributed by atoms with E-state index < -0.39 is 0 Å². The van der Waals surface area contributed by atoms with Gasteiger partial charge in [-0.15, -0.1) is 0 Å². The normalized spacial score (nSPS) is 21.3. The van der Waals surface area contributed by atoms with E-state index in [0.717, 1.165) is 17.3 Å². The second-order valence-electron chi connectivity index (χ2n) is 10.3. The number of rotatable bonds is 4.